The summed E-state index contributed by atoms with van der Waals surface area (Å²) in [5.41, 5.74) is 3.18. The minimum Gasteiger partial charge on any atom is -0.350 e. The second-order valence-corrected chi connectivity index (χ2v) is 5.60. The second kappa shape index (κ2) is 6.29. The predicted molar refractivity (Wildman–Crippen MR) is 84.2 cm³/mol. The molecule has 4 heteroatoms. The molecule has 1 aliphatic rings. The van der Waals surface area contributed by atoms with Crippen LogP contribution in [0.1, 0.15) is 27.5 Å². The molecule has 0 radical (unpaired) electrons. The molecule has 0 aliphatic carbocycles. The molecule has 3 nitrogen and oxygen atoms in total. The number of amides is 1. The summed E-state index contributed by atoms with van der Waals surface area (Å²) in [6.07, 6.45) is 0.947. The van der Waals surface area contributed by atoms with Gasteiger partial charge in [-0.25, -0.2) is 4.42 Å². The molecule has 2 aromatic rings. The first-order valence-corrected chi connectivity index (χ1v) is 7.43. The van der Waals surface area contributed by atoms with Gasteiger partial charge in [-0.15, -0.1) is 0 Å². The standard InChI is InChI=1S/C17H17ClN2O/c18-20-11-10-13-6-4-5-9-15(13)16(20)12-19-17(21)14-7-2-1-3-8-14/h1-9,16H,10-12H2,(H,19,21). The zero-order valence-corrected chi connectivity index (χ0v) is 12.4. The summed E-state index contributed by atoms with van der Waals surface area (Å²) >= 11 is 6.32. The van der Waals surface area contributed by atoms with Gasteiger partial charge in [0.25, 0.3) is 5.91 Å². The van der Waals surface area contributed by atoms with E-state index in [1.807, 2.05) is 42.5 Å². The number of fused-ring (bicyclic) bond motifs is 1. The van der Waals surface area contributed by atoms with Crippen LogP contribution in [-0.2, 0) is 6.42 Å². The van der Waals surface area contributed by atoms with E-state index in [0.29, 0.717) is 12.1 Å². The lowest BCUT2D eigenvalue weighted by atomic mass is 9.94. The van der Waals surface area contributed by atoms with E-state index in [2.05, 4.69) is 17.4 Å². The summed E-state index contributed by atoms with van der Waals surface area (Å²) in [4.78, 5) is 12.1. The highest BCUT2D eigenvalue weighted by atomic mass is 35.5. The van der Waals surface area contributed by atoms with Crippen molar-refractivity contribution >= 4 is 17.7 Å². The number of nitrogens with zero attached hydrogens (tertiary/aromatic N) is 1. The maximum absolute atomic E-state index is 12.1. The van der Waals surface area contributed by atoms with E-state index in [4.69, 9.17) is 11.8 Å². The van der Waals surface area contributed by atoms with E-state index >= 15 is 0 Å². The van der Waals surface area contributed by atoms with Crippen molar-refractivity contribution < 1.29 is 4.79 Å². The molecule has 1 atom stereocenters. The predicted octanol–water partition coefficient (Wildman–Crippen LogP) is 3.17. The molecule has 1 unspecified atom stereocenters. The highest BCUT2D eigenvalue weighted by Gasteiger charge is 2.26. The fraction of sp³-hybridized carbons (Fsp3) is 0.235. The molecule has 3 rings (SSSR count). The van der Waals surface area contributed by atoms with Gasteiger partial charge < -0.3 is 5.32 Å². The van der Waals surface area contributed by atoms with Crippen LogP contribution in [0.15, 0.2) is 54.6 Å². The van der Waals surface area contributed by atoms with Gasteiger partial charge in [0.2, 0.25) is 0 Å². The largest absolute Gasteiger partial charge is 0.350 e. The highest BCUT2D eigenvalue weighted by molar-refractivity contribution is 6.13. The van der Waals surface area contributed by atoms with Crippen molar-refractivity contribution in [1.29, 1.82) is 0 Å². The van der Waals surface area contributed by atoms with E-state index < -0.39 is 0 Å². The van der Waals surface area contributed by atoms with Gasteiger partial charge in [0, 0.05) is 18.7 Å². The minimum absolute atomic E-state index is 0.0179. The Morgan fingerprint density at radius 3 is 2.67 bits per heavy atom. The first kappa shape index (κ1) is 14.1. The molecule has 0 saturated carbocycles. The number of carbonyl (C=O) groups is 1. The Hall–Kier alpha value is -1.84. The molecule has 0 fully saturated rings. The highest BCUT2D eigenvalue weighted by Crippen LogP contribution is 2.30. The van der Waals surface area contributed by atoms with Crippen LogP contribution in [0.2, 0.25) is 0 Å². The molecule has 21 heavy (non-hydrogen) atoms. The van der Waals surface area contributed by atoms with E-state index in [1.54, 1.807) is 4.42 Å². The number of carbonyl (C=O) groups excluding carboxylic acids is 1. The third-order valence-electron chi connectivity index (χ3n) is 3.84. The normalized spacial score (nSPS) is 18.0. The SMILES string of the molecule is O=C(NCC1c2ccccc2CCN1Cl)c1ccccc1. The average Bonchev–Trinajstić information content (AvgIpc) is 2.54. The topological polar surface area (TPSA) is 32.3 Å². The molecule has 1 amide bonds. The Morgan fingerprint density at radius 1 is 1.14 bits per heavy atom. The van der Waals surface area contributed by atoms with E-state index in [9.17, 15) is 4.79 Å². The first-order valence-electron chi connectivity index (χ1n) is 7.09. The summed E-state index contributed by atoms with van der Waals surface area (Å²) in [5, 5.41) is 2.97. The molecule has 2 aromatic carbocycles. The van der Waals surface area contributed by atoms with Crippen molar-refractivity contribution in [1.82, 2.24) is 9.74 Å². The zero-order chi connectivity index (χ0) is 14.7. The maximum atomic E-state index is 12.1. The monoisotopic (exact) mass is 300 g/mol. The molecular formula is C17H17ClN2O. The van der Waals surface area contributed by atoms with Crippen molar-refractivity contribution in [2.45, 2.75) is 12.5 Å². The number of nitrogens with one attached hydrogen (secondary N) is 1. The van der Waals surface area contributed by atoms with Gasteiger partial charge in [-0.1, -0.05) is 42.5 Å². The smallest absolute Gasteiger partial charge is 0.251 e. The number of benzene rings is 2. The third kappa shape index (κ3) is 3.09. The van der Waals surface area contributed by atoms with Gasteiger partial charge in [0.1, 0.15) is 0 Å². The summed E-state index contributed by atoms with van der Waals surface area (Å²) in [7, 11) is 0. The van der Waals surface area contributed by atoms with E-state index in [1.165, 1.54) is 11.1 Å². The molecule has 0 bridgehead atoms. The van der Waals surface area contributed by atoms with Crippen LogP contribution in [-0.4, -0.2) is 23.4 Å². The number of rotatable bonds is 3. The lowest BCUT2D eigenvalue weighted by Crippen LogP contribution is -2.37. The molecular weight excluding hydrogens is 284 g/mol. The molecule has 1 aliphatic heterocycles. The van der Waals surface area contributed by atoms with Crippen LogP contribution in [0, 0.1) is 0 Å². The average molecular weight is 301 g/mol. The fourth-order valence-corrected chi connectivity index (χ4v) is 2.97. The van der Waals surface area contributed by atoms with E-state index in [0.717, 1.165) is 13.0 Å². The van der Waals surface area contributed by atoms with Crippen molar-refractivity contribution in [2.24, 2.45) is 0 Å². The lowest BCUT2D eigenvalue weighted by molar-refractivity contribution is 0.0943. The van der Waals surface area contributed by atoms with Crippen molar-refractivity contribution in [3.63, 3.8) is 0 Å². The second-order valence-electron chi connectivity index (χ2n) is 5.16. The van der Waals surface area contributed by atoms with Crippen LogP contribution in [0.5, 0.6) is 0 Å². The van der Waals surface area contributed by atoms with Crippen molar-refractivity contribution in [3.05, 3.63) is 71.3 Å². The van der Waals surface area contributed by atoms with Gasteiger partial charge in [0.15, 0.2) is 0 Å². The fourth-order valence-electron chi connectivity index (χ4n) is 2.71. The Kier molecular flexibility index (Phi) is 4.23. The van der Waals surface area contributed by atoms with Gasteiger partial charge in [-0.2, -0.15) is 0 Å². The summed E-state index contributed by atoms with van der Waals surface area (Å²) in [6.45, 7) is 1.30. The molecule has 1 heterocycles. The van der Waals surface area contributed by atoms with Gasteiger partial charge >= 0.3 is 0 Å². The molecule has 108 valence electrons. The van der Waals surface area contributed by atoms with Gasteiger partial charge in [0.05, 0.1) is 6.04 Å². The van der Waals surface area contributed by atoms with Crippen LogP contribution >= 0.6 is 11.8 Å². The van der Waals surface area contributed by atoms with Crippen LogP contribution in [0.25, 0.3) is 0 Å². The maximum Gasteiger partial charge on any atom is 0.251 e. The molecule has 0 aromatic heterocycles. The molecule has 1 N–H and O–H groups in total. The zero-order valence-electron chi connectivity index (χ0n) is 11.6. The van der Waals surface area contributed by atoms with Crippen LogP contribution in [0.4, 0.5) is 0 Å². The van der Waals surface area contributed by atoms with Crippen LogP contribution in [0.3, 0.4) is 0 Å². The summed E-state index contributed by atoms with van der Waals surface area (Å²) in [6, 6.07) is 17.5. The molecule has 0 saturated heterocycles. The quantitative estimate of drug-likeness (QED) is 0.883. The Bertz CT molecular complexity index is 630. The Labute approximate surface area is 129 Å². The Balaban J connectivity index is 1.72. The van der Waals surface area contributed by atoms with E-state index in [-0.39, 0.29) is 11.9 Å². The van der Waals surface area contributed by atoms with Gasteiger partial charge in [-0.05, 0) is 41.5 Å². The van der Waals surface area contributed by atoms with Gasteiger partial charge in [-0.3, -0.25) is 4.79 Å². The minimum atomic E-state index is -0.0660. The lowest BCUT2D eigenvalue weighted by Gasteiger charge is -2.32. The van der Waals surface area contributed by atoms with Crippen molar-refractivity contribution in [3.8, 4) is 0 Å². The number of hydrogen-bond acceptors (Lipinski definition) is 2. The number of halogens is 1. The molecule has 0 spiro atoms. The summed E-state index contributed by atoms with van der Waals surface area (Å²) in [5.74, 6) is -0.0660. The summed E-state index contributed by atoms with van der Waals surface area (Å²) < 4.78 is 1.79. The van der Waals surface area contributed by atoms with Crippen LogP contribution < -0.4 is 5.32 Å². The number of hydrogen-bond donors (Lipinski definition) is 1. The Morgan fingerprint density at radius 2 is 1.86 bits per heavy atom. The third-order valence-corrected chi connectivity index (χ3v) is 4.24. The first-order chi connectivity index (χ1) is 10.3. The van der Waals surface area contributed by atoms with Crippen molar-refractivity contribution in [2.75, 3.05) is 13.1 Å².